The normalized spacial score (nSPS) is 10.6. The average molecular weight is 221 g/mol. The summed E-state index contributed by atoms with van der Waals surface area (Å²) in [7, 11) is 2.98. The zero-order valence-corrected chi connectivity index (χ0v) is 7.86. The van der Waals surface area contributed by atoms with Crippen molar-refractivity contribution >= 4 is 27.7 Å². The minimum atomic E-state index is -0.325. The lowest BCUT2D eigenvalue weighted by Crippen LogP contribution is -2.20. The van der Waals surface area contributed by atoms with Crippen LogP contribution in [-0.4, -0.2) is 25.9 Å². The zero-order valence-electron chi connectivity index (χ0n) is 6.27. The fourth-order valence-electron chi connectivity index (χ4n) is 0.372. The molecule has 62 valence electrons. The first kappa shape index (κ1) is 10.2. The summed E-state index contributed by atoms with van der Waals surface area (Å²) in [6.07, 6.45) is 1.17. The quantitative estimate of drug-likeness (QED) is 0.632. The second-order valence-corrected chi connectivity index (χ2v) is 2.54. The molecule has 0 aromatic heterocycles. The van der Waals surface area contributed by atoms with Gasteiger partial charge in [-0.2, -0.15) is 0 Å². The Labute approximate surface area is 73.2 Å². The Morgan fingerprint density at radius 1 is 1.27 bits per heavy atom. The van der Waals surface area contributed by atoms with Gasteiger partial charge >= 0.3 is 0 Å². The summed E-state index contributed by atoms with van der Waals surface area (Å²) in [5, 5.41) is 4.71. The van der Waals surface area contributed by atoms with Gasteiger partial charge in [0.25, 0.3) is 5.91 Å². The molecule has 11 heavy (non-hydrogen) atoms. The number of likely N-dealkylation sites (N-methyl/N-ethyl adjacent to an activating group) is 2. The molecule has 4 nitrogen and oxygen atoms in total. The van der Waals surface area contributed by atoms with Gasteiger partial charge in [0.2, 0.25) is 5.91 Å². The largest absolute Gasteiger partial charge is 0.356 e. The molecule has 0 aliphatic heterocycles. The summed E-state index contributed by atoms with van der Waals surface area (Å²) in [4.78, 5) is 21.4. The average Bonchev–Trinajstić information content (AvgIpc) is 2.02. The predicted octanol–water partition coefficient (Wildman–Crippen LogP) is -0.243. The lowest BCUT2D eigenvalue weighted by molar-refractivity contribution is -0.118. The van der Waals surface area contributed by atoms with E-state index in [0.29, 0.717) is 0 Å². The lowest BCUT2D eigenvalue weighted by Gasteiger charge is -1.95. The zero-order chi connectivity index (χ0) is 8.85. The van der Waals surface area contributed by atoms with Crippen LogP contribution in [0.15, 0.2) is 10.6 Å². The Hall–Kier alpha value is -0.840. The SMILES string of the molecule is CNC(=O)/C=C(/Br)C(=O)NC. The standard InChI is InChI=1S/C6H9BrN2O2/c1-8-5(10)3-4(7)6(11)9-2/h3H,1-2H3,(H,8,10)(H,9,11)/b4-3+. The highest BCUT2D eigenvalue weighted by Gasteiger charge is 2.03. The molecule has 0 saturated carbocycles. The Bertz CT molecular complexity index is 201. The monoisotopic (exact) mass is 220 g/mol. The highest BCUT2D eigenvalue weighted by Crippen LogP contribution is 2.02. The van der Waals surface area contributed by atoms with E-state index in [-0.39, 0.29) is 16.3 Å². The molecule has 2 amide bonds. The Morgan fingerprint density at radius 3 is 2.18 bits per heavy atom. The summed E-state index contributed by atoms with van der Waals surface area (Å²) in [6.45, 7) is 0. The van der Waals surface area contributed by atoms with Crippen LogP contribution < -0.4 is 10.6 Å². The molecule has 2 N–H and O–H groups in total. The van der Waals surface area contributed by atoms with Crippen LogP contribution in [0.5, 0.6) is 0 Å². The lowest BCUT2D eigenvalue weighted by atomic mass is 10.4. The van der Waals surface area contributed by atoms with Crippen LogP contribution >= 0.6 is 15.9 Å². The van der Waals surface area contributed by atoms with Crippen LogP contribution in [0.2, 0.25) is 0 Å². The van der Waals surface area contributed by atoms with Crippen molar-refractivity contribution < 1.29 is 9.59 Å². The maximum atomic E-state index is 10.8. The van der Waals surface area contributed by atoms with Gasteiger partial charge in [0.15, 0.2) is 0 Å². The second kappa shape index (κ2) is 4.90. The van der Waals surface area contributed by atoms with Gasteiger partial charge < -0.3 is 10.6 Å². The van der Waals surface area contributed by atoms with E-state index in [1.807, 2.05) is 0 Å². The Balaban J connectivity index is 4.21. The summed E-state index contributed by atoms with van der Waals surface area (Å²) in [6, 6.07) is 0. The maximum absolute atomic E-state index is 10.8. The minimum absolute atomic E-state index is 0.208. The number of amides is 2. The van der Waals surface area contributed by atoms with E-state index in [1.165, 1.54) is 20.2 Å². The molecule has 0 aliphatic rings. The number of nitrogens with one attached hydrogen (secondary N) is 2. The van der Waals surface area contributed by atoms with E-state index in [4.69, 9.17) is 0 Å². The van der Waals surface area contributed by atoms with Gasteiger partial charge in [-0.05, 0) is 15.9 Å². The topological polar surface area (TPSA) is 58.2 Å². The highest BCUT2D eigenvalue weighted by molar-refractivity contribution is 9.12. The minimum Gasteiger partial charge on any atom is -0.356 e. The van der Waals surface area contributed by atoms with Gasteiger partial charge in [-0.15, -0.1) is 0 Å². The highest BCUT2D eigenvalue weighted by atomic mass is 79.9. The van der Waals surface area contributed by atoms with Crippen molar-refractivity contribution in [2.24, 2.45) is 0 Å². The van der Waals surface area contributed by atoms with Gasteiger partial charge in [0.05, 0.1) is 4.48 Å². The van der Waals surface area contributed by atoms with Gasteiger partial charge in [0, 0.05) is 20.2 Å². The number of halogens is 1. The molecule has 0 aromatic rings. The summed E-state index contributed by atoms with van der Waals surface area (Å²) in [5.41, 5.74) is 0. The van der Waals surface area contributed by atoms with Crippen molar-refractivity contribution in [1.82, 2.24) is 10.6 Å². The first-order chi connectivity index (χ1) is 5.11. The molecule has 5 heteroatoms. The molecular formula is C6H9BrN2O2. The summed E-state index contributed by atoms with van der Waals surface area (Å²) in [5.74, 6) is -0.644. The van der Waals surface area contributed by atoms with E-state index in [9.17, 15) is 9.59 Å². The van der Waals surface area contributed by atoms with E-state index in [0.717, 1.165) is 0 Å². The number of rotatable bonds is 2. The van der Waals surface area contributed by atoms with Crippen LogP contribution in [0.25, 0.3) is 0 Å². The van der Waals surface area contributed by atoms with E-state index in [2.05, 4.69) is 26.6 Å². The van der Waals surface area contributed by atoms with Crippen LogP contribution in [0, 0.1) is 0 Å². The Morgan fingerprint density at radius 2 is 1.82 bits per heavy atom. The fraction of sp³-hybridized carbons (Fsp3) is 0.333. The van der Waals surface area contributed by atoms with Gasteiger partial charge in [-0.1, -0.05) is 0 Å². The van der Waals surface area contributed by atoms with Crippen molar-refractivity contribution in [1.29, 1.82) is 0 Å². The molecule has 0 rings (SSSR count). The van der Waals surface area contributed by atoms with E-state index >= 15 is 0 Å². The Kier molecular flexibility index (Phi) is 4.52. The first-order valence-electron chi connectivity index (χ1n) is 2.92. The van der Waals surface area contributed by atoms with Crippen LogP contribution in [0.4, 0.5) is 0 Å². The van der Waals surface area contributed by atoms with E-state index in [1.54, 1.807) is 0 Å². The van der Waals surface area contributed by atoms with Crippen molar-refractivity contribution in [3.8, 4) is 0 Å². The van der Waals surface area contributed by atoms with Crippen LogP contribution in [0.3, 0.4) is 0 Å². The molecule has 0 fully saturated rings. The third-order valence-electron chi connectivity index (χ3n) is 0.948. The van der Waals surface area contributed by atoms with Crippen molar-refractivity contribution in [2.45, 2.75) is 0 Å². The van der Waals surface area contributed by atoms with Gasteiger partial charge in [-0.3, -0.25) is 9.59 Å². The van der Waals surface area contributed by atoms with E-state index < -0.39 is 0 Å². The van der Waals surface area contributed by atoms with Gasteiger partial charge in [0.1, 0.15) is 0 Å². The fourth-order valence-corrected chi connectivity index (χ4v) is 0.778. The molecular weight excluding hydrogens is 212 g/mol. The molecule has 0 aromatic carbocycles. The second-order valence-electron chi connectivity index (χ2n) is 1.69. The first-order valence-corrected chi connectivity index (χ1v) is 3.72. The van der Waals surface area contributed by atoms with Crippen molar-refractivity contribution in [3.63, 3.8) is 0 Å². The molecule has 0 atom stereocenters. The number of carbonyl (C=O) groups is 2. The molecule has 0 unspecified atom stereocenters. The molecule has 0 spiro atoms. The van der Waals surface area contributed by atoms with Crippen molar-refractivity contribution in [3.05, 3.63) is 10.6 Å². The number of hydrogen-bond acceptors (Lipinski definition) is 2. The maximum Gasteiger partial charge on any atom is 0.258 e. The molecule has 0 aliphatic carbocycles. The third-order valence-corrected chi connectivity index (χ3v) is 1.54. The number of carbonyl (C=O) groups excluding carboxylic acids is 2. The predicted molar refractivity (Wildman–Crippen MR) is 45.1 cm³/mol. The van der Waals surface area contributed by atoms with Gasteiger partial charge in [-0.25, -0.2) is 0 Å². The smallest absolute Gasteiger partial charge is 0.258 e. The van der Waals surface area contributed by atoms with Crippen molar-refractivity contribution in [2.75, 3.05) is 14.1 Å². The molecule has 0 saturated heterocycles. The van der Waals surface area contributed by atoms with Crippen LogP contribution in [0.1, 0.15) is 0 Å². The summed E-state index contributed by atoms with van der Waals surface area (Å²) < 4.78 is 0.208. The number of hydrogen-bond donors (Lipinski definition) is 2. The summed E-state index contributed by atoms with van der Waals surface area (Å²) >= 11 is 2.93. The molecule has 0 bridgehead atoms. The molecule has 0 heterocycles. The third kappa shape index (κ3) is 3.77. The molecule has 0 radical (unpaired) electrons. The van der Waals surface area contributed by atoms with Crippen LogP contribution in [-0.2, 0) is 9.59 Å².